The van der Waals surface area contributed by atoms with Crippen molar-refractivity contribution in [1.29, 1.82) is 0 Å². The number of aryl methyl sites for hydroxylation is 6. The second-order valence-electron chi connectivity index (χ2n) is 12.7. The predicted octanol–water partition coefficient (Wildman–Crippen LogP) is 12.4. The summed E-state index contributed by atoms with van der Waals surface area (Å²) >= 11 is 0. The van der Waals surface area contributed by atoms with Gasteiger partial charge in [-0.05, 0) is 167 Å². The second kappa shape index (κ2) is 12.9. The van der Waals surface area contributed by atoms with Gasteiger partial charge in [-0.15, -0.1) is 0 Å². The molecule has 0 fully saturated rings. The summed E-state index contributed by atoms with van der Waals surface area (Å²) < 4.78 is 5.83. The molecular formula is C45H44O. The summed E-state index contributed by atoms with van der Waals surface area (Å²) in [5, 5.41) is 0. The Bertz CT molecular complexity index is 2080. The summed E-state index contributed by atoms with van der Waals surface area (Å²) in [4.78, 5) is 0. The van der Waals surface area contributed by atoms with E-state index in [0.717, 1.165) is 17.7 Å². The van der Waals surface area contributed by atoms with Crippen molar-refractivity contribution in [1.82, 2.24) is 0 Å². The summed E-state index contributed by atoms with van der Waals surface area (Å²) in [7, 11) is 1.75. The van der Waals surface area contributed by atoms with Crippen LogP contribution in [-0.2, 0) is 6.42 Å². The Labute approximate surface area is 275 Å². The number of ether oxygens (including phenoxy) is 1. The molecule has 6 aromatic rings. The van der Waals surface area contributed by atoms with Gasteiger partial charge in [0.25, 0.3) is 0 Å². The predicted molar refractivity (Wildman–Crippen MR) is 198 cm³/mol. The summed E-state index contributed by atoms with van der Waals surface area (Å²) in [6.07, 6.45) is 1.02. The maximum atomic E-state index is 5.83. The van der Waals surface area contributed by atoms with Gasteiger partial charge in [0, 0.05) is 5.56 Å². The van der Waals surface area contributed by atoms with Gasteiger partial charge in [0.15, 0.2) is 0 Å². The van der Waals surface area contributed by atoms with Crippen LogP contribution in [0.1, 0.15) is 45.9 Å². The molecule has 0 saturated carbocycles. The lowest BCUT2D eigenvalue weighted by Gasteiger charge is -2.19. The van der Waals surface area contributed by atoms with E-state index in [1.54, 1.807) is 7.11 Å². The zero-order chi connectivity index (χ0) is 32.5. The Morgan fingerprint density at radius 1 is 0.413 bits per heavy atom. The molecule has 0 aliphatic rings. The second-order valence-corrected chi connectivity index (χ2v) is 12.7. The fraction of sp³-hybridized carbons (Fsp3) is 0.200. The van der Waals surface area contributed by atoms with E-state index in [-0.39, 0.29) is 0 Å². The van der Waals surface area contributed by atoms with E-state index in [1.807, 2.05) is 0 Å². The quantitative estimate of drug-likeness (QED) is 0.177. The van der Waals surface area contributed by atoms with Crippen LogP contribution >= 0.6 is 0 Å². The minimum absolute atomic E-state index is 0.890. The number of benzene rings is 6. The summed E-state index contributed by atoms with van der Waals surface area (Å²) in [6, 6.07) is 40.4. The van der Waals surface area contributed by atoms with Crippen LogP contribution in [0, 0.1) is 41.5 Å². The van der Waals surface area contributed by atoms with Gasteiger partial charge < -0.3 is 4.74 Å². The molecule has 0 saturated heterocycles. The third-order valence-electron chi connectivity index (χ3n) is 9.73. The van der Waals surface area contributed by atoms with Gasteiger partial charge >= 0.3 is 0 Å². The molecule has 0 unspecified atom stereocenters. The van der Waals surface area contributed by atoms with E-state index >= 15 is 0 Å². The van der Waals surface area contributed by atoms with Crippen LogP contribution in [0.2, 0.25) is 0 Å². The molecule has 0 aromatic heterocycles. The van der Waals surface area contributed by atoms with Crippen LogP contribution in [-0.4, -0.2) is 7.11 Å². The van der Waals surface area contributed by atoms with Gasteiger partial charge in [-0.2, -0.15) is 0 Å². The van der Waals surface area contributed by atoms with Gasteiger partial charge in [-0.3, -0.25) is 0 Å². The average Bonchev–Trinajstić information content (AvgIpc) is 3.06. The van der Waals surface area contributed by atoms with Crippen LogP contribution in [0.15, 0.2) is 109 Å². The fourth-order valence-corrected chi connectivity index (χ4v) is 6.90. The SMILES string of the molecule is CCc1ccccc1-c1cc(-c2cc(C)c(C)c(-c3cc(-c4ccc(OC)c(-c5ccccc5C)c4)c(C)cc3C)c2)ccc1C. The Morgan fingerprint density at radius 3 is 1.76 bits per heavy atom. The maximum absolute atomic E-state index is 5.83. The number of methoxy groups -OCH3 is 1. The van der Waals surface area contributed by atoms with Crippen molar-refractivity contribution in [2.75, 3.05) is 7.11 Å². The molecule has 46 heavy (non-hydrogen) atoms. The van der Waals surface area contributed by atoms with Crippen molar-refractivity contribution in [3.8, 4) is 61.4 Å². The first-order valence-corrected chi connectivity index (χ1v) is 16.4. The number of hydrogen-bond donors (Lipinski definition) is 0. The lowest BCUT2D eigenvalue weighted by molar-refractivity contribution is 0.416. The molecule has 0 aliphatic carbocycles. The number of hydrogen-bond acceptors (Lipinski definition) is 1. The van der Waals surface area contributed by atoms with Gasteiger partial charge in [0.05, 0.1) is 7.11 Å². The largest absolute Gasteiger partial charge is 0.496 e. The summed E-state index contributed by atoms with van der Waals surface area (Å²) in [6.45, 7) is 15.6. The molecule has 0 spiro atoms. The zero-order valence-electron chi connectivity index (χ0n) is 28.5. The molecule has 0 aliphatic heterocycles. The first-order chi connectivity index (χ1) is 22.2. The van der Waals surface area contributed by atoms with Crippen molar-refractivity contribution >= 4 is 0 Å². The van der Waals surface area contributed by atoms with Gasteiger partial charge in [-0.25, -0.2) is 0 Å². The van der Waals surface area contributed by atoms with Gasteiger partial charge in [-0.1, -0.05) is 85.8 Å². The van der Waals surface area contributed by atoms with E-state index in [1.165, 1.54) is 89.0 Å². The molecule has 0 N–H and O–H groups in total. The molecule has 1 nitrogen and oxygen atoms in total. The standard InChI is InChI=1S/C45H44O/c1-9-34-15-11-13-17-39(34)41-24-35(19-18-29(41)3)37-23-30(4)33(7)43(26-37)42-27-40(31(5)22-32(42)6)36-20-21-45(46-8)44(25-36)38-16-12-10-14-28(38)2/h10-27H,9H2,1-8H3. The Balaban J connectivity index is 1.49. The first-order valence-electron chi connectivity index (χ1n) is 16.4. The number of rotatable bonds is 7. The van der Waals surface area contributed by atoms with Gasteiger partial charge in [0.2, 0.25) is 0 Å². The molecule has 6 aromatic carbocycles. The normalized spacial score (nSPS) is 11.1. The van der Waals surface area contributed by atoms with E-state index < -0.39 is 0 Å². The molecule has 1 heteroatoms. The smallest absolute Gasteiger partial charge is 0.126 e. The van der Waals surface area contributed by atoms with Crippen LogP contribution < -0.4 is 4.74 Å². The Kier molecular flexibility index (Phi) is 8.69. The van der Waals surface area contributed by atoms with Crippen molar-refractivity contribution in [2.45, 2.75) is 54.9 Å². The minimum atomic E-state index is 0.890. The van der Waals surface area contributed by atoms with Crippen molar-refractivity contribution in [3.63, 3.8) is 0 Å². The van der Waals surface area contributed by atoms with E-state index in [2.05, 4.69) is 158 Å². The van der Waals surface area contributed by atoms with E-state index in [9.17, 15) is 0 Å². The average molecular weight is 601 g/mol. The third kappa shape index (κ3) is 5.79. The van der Waals surface area contributed by atoms with Crippen molar-refractivity contribution in [3.05, 3.63) is 148 Å². The third-order valence-corrected chi connectivity index (χ3v) is 9.73. The molecule has 6 rings (SSSR count). The Hall–Kier alpha value is -4.88. The zero-order valence-corrected chi connectivity index (χ0v) is 28.5. The highest BCUT2D eigenvalue weighted by molar-refractivity contribution is 5.86. The molecule has 230 valence electrons. The summed E-state index contributed by atoms with van der Waals surface area (Å²) in [5.74, 6) is 0.890. The lowest BCUT2D eigenvalue weighted by Crippen LogP contribution is -1.96. The van der Waals surface area contributed by atoms with Crippen LogP contribution in [0.3, 0.4) is 0 Å². The fourth-order valence-electron chi connectivity index (χ4n) is 6.90. The highest BCUT2D eigenvalue weighted by Gasteiger charge is 2.17. The van der Waals surface area contributed by atoms with E-state index in [4.69, 9.17) is 4.74 Å². The molecule has 0 atom stereocenters. The Morgan fingerprint density at radius 2 is 1.02 bits per heavy atom. The monoisotopic (exact) mass is 600 g/mol. The maximum Gasteiger partial charge on any atom is 0.126 e. The van der Waals surface area contributed by atoms with Crippen LogP contribution in [0.5, 0.6) is 5.75 Å². The molecular weight excluding hydrogens is 556 g/mol. The molecule has 0 bridgehead atoms. The lowest BCUT2D eigenvalue weighted by atomic mass is 9.85. The van der Waals surface area contributed by atoms with Crippen LogP contribution in [0.4, 0.5) is 0 Å². The highest BCUT2D eigenvalue weighted by atomic mass is 16.5. The first kappa shape index (κ1) is 31.1. The highest BCUT2D eigenvalue weighted by Crippen LogP contribution is 2.41. The summed E-state index contributed by atoms with van der Waals surface area (Å²) in [5.41, 5.74) is 21.6. The molecule has 0 radical (unpaired) electrons. The molecule has 0 amide bonds. The van der Waals surface area contributed by atoms with Crippen LogP contribution in [0.25, 0.3) is 55.6 Å². The van der Waals surface area contributed by atoms with Gasteiger partial charge in [0.1, 0.15) is 5.75 Å². The minimum Gasteiger partial charge on any atom is -0.496 e. The van der Waals surface area contributed by atoms with E-state index in [0.29, 0.717) is 0 Å². The molecule has 0 heterocycles. The van der Waals surface area contributed by atoms with Crippen molar-refractivity contribution in [2.24, 2.45) is 0 Å². The topological polar surface area (TPSA) is 9.23 Å². The van der Waals surface area contributed by atoms with Crippen molar-refractivity contribution < 1.29 is 4.74 Å².